The number of benzene rings is 2. The molecule has 2 aromatic carbocycles. The van der Waals surface area contributed by atoms with Crippen molar-refractivity contribution >= 4 is 45.2 Å². The van der Waals surface area contributed by atoms with Crippen LogP contribution >= 0.6 is 28.1 Å². The van der Waals surface area contributed by atoms with Crippen LogP contribution in [-0.4, -0.2) is 30.7 Å². The first-order valence-corrected chi connectivity index (χ1v) is 8.04. The molecule has 0 saturated carbocycles. The van der Waals surface area contributed by atoms with E-state index in [1.807, 2.05) is 24.3 Å². The Morgan fingerprint density at radius 2 is 1.92 bits per heavy atom. The highest BCUT2D eigenvalue weighted by Crippen LogP contribution is 2.32. The fourth-order valence-electron chi connectivity index (χ4n) is 1.84. The highest BCUT2D eigenvalue weighted by molar-refractivity contribution is 9.10. The van der Waals surface area contributed by atoms with Crippen molar-refractivity contribution in [3.8, 4) is 17.2 Å². The van der Waals surface area contributed by atoms with Crippen molar-refractivity contribution in [1.82, 2.24) is 5.43 Å². The number of phenolic OH excluding ortho intramolecular Hbond substituents is 1. The first kappa shape index (κ1) is 18.0. The maximum absolute atomic E-state index is 10.0. The molecule has 0 heterocycles. The molecule has 2 aromatic rings. The van der Waals surface area contributed by atoms with E-state index in [1.54, 1.807) is 19.2 Å². The van der Waals surface area contributed by atoms with Gasteiger partial charge in [0, 0.05) is 15.7 Å². The molecule has 24 heavy (non-hydrogen) atoms. The van der Waals surface area contributed by atoms with Gasteiger partial charge in [0.15, 0.2) is 16.6 Å². The van der Waals surface area contributed by atoms with Crippen LogP contribution in [0.5, 0.6) is 17.2 Å². The van der Waals surface area contributed by atoms with Crippen molar-refractivity contribution in [2.75, 3.05) is 19.5 Å². The lowest BCUT2D eigenvalue weighted by Crippen LogP contribution is -2.23. The normalized spacial score (nSPS) is 10.5. The standard InChI is InChI=1S/C16H16BrN3O3S/c1-22-13-5-3-12(4-6-13)19-16(24)20-18-9-10-7-11(17)8-14(23-2)15(10)21/h3-9,21H,1-2H3,(H2,19,20,24)/b18-9+. The minimum atomic E-state index is 0.000261. The second kappa shape index (κ2) is 8.51. The molecule has 0 radical (unpaired) electrons. The van der Waals surface area contributed by atoms with E-state index in [4.69, 9.17) is 21.7 Å². The highest BCUT2D eigenvalue weighted by atomic mass is 79.9. The first-order chi connectivity index (χ1) is 11.5. The topological polar surface area (TPSA) is 75.1 Å². The molecule has 0 aromatic heterocycles. The Kier molecular flexibility index (Phi) is 6.39. The maximum Gasteiger partial charge on any atom is 0.191 e. The SMILES string of the molecule is COc1ccc(NC(=S)N/N=C/c2cc(Br)cc(OC)c2O)cc1. The van der Waals surface area contributed by atoms with E-state index in [-0.39, 0.29) is 5.75 Å². The second-order valence-electron chi connectivity index (χ2n) is 4.60. The zero-order chi connectivity index (χ0) is 17.5. The predicted molar refractivity (Wildman–Crippen MR) is 102 cm³/mol. The Morgan fingerprint density at radius 1 is 1.21 bits per heavy atom. The fourth-order valence-corrected chi connectivity index (χ4v) is 2.47. The lowest BCUT2D eigenvalue weighted by atomic mass is 10.2. The molecule has 0 fully saturated rings. The largest absolute Gasteiger partial charge is 0.504 e. The zero-order valence-electron chi connectivity index (χ0n) is 13.0. The molecule has 0 atom stereocenters. The summed E-state index contributed by atoms with van der Waals surface area (Å²) in [5.74, 6) is 1.11. The number of ether oxygens (including phenoxy) is 2. The van der Waals surface area contributed by atoms with Crippen molar-refractivity contribution in [2.45, 2.75) is 0 Å². The van der Waals surface area contributed by atoms with Crippen molar-refractivity contribution < 1.29 is 14.6 Å². The molecule has 126 valence electrons. The van der Waals surface area contributed by atoms with Gasteiger partial charge in [0.1, 0.15) is 5.75 Å². The number of nitrogens with zero attached hydrogens (tertiary/aromatic N) is 1. The van der Waals surface area contributed by atoms with Gasteiger partial charge >= 0.3 is 0 Å². The Balaban J connectivity index is 1.98. The molecule has 0 aliphatic heterocycles. The number of hydrazone groups is 1. The number of hydrogen-bond donors (Lipinski definition) is 3. The molecule has 0 saturated heterocycles. The smallest absolute Gasteiger partial charge is 0.191 e. The molecule has 3 N–H and O–H groups in total. The summed E-state index contributed by atoms with van der Waals surface area (Å²) in [6.45, 7) is 0. The lowest BCUT2D eigenvalue weighted by Gasteiger charge is -2.08. The average molecular weight is 410 g/mol. The molecule has 0 spiro atoms. The highest BCUT2D eigenvalue weighted by Gasteiger charge is 2.08. The molecule has 0 bridgehead atoms. The lowest BCUT2D eigenvalue weighted by molar-refractivity contribution is 0.373. The van der Waals surface area contributed by atoms with Gasteiger partial charge in [0.2, 0.25) is 0 Å². The van der Waals surface area contributed by atoms with Crippen LogP contribution in [0.2, 0.25) is 0 Å². The van der Waals surface area contributed by atoms with Gasteiger partial charge in [-0.15, -0.1) is 0 Å². The number of halogens is 1. The number of nitrogens with one attached hydrogen (secondary N) is 2. The van der Waals surface area contributed by atoms with Crippen molar-refractivity contribution in [1.29, 1.82) is 0 Å². The van der Waals surface area contributed by atoms with Gasteiger partial charge in [0.25, 0.3) is 0 Å². The third-order valence-corrected chi connectivity index (χ3v) is 3.66. The molecule has 2 rings (SSSR count). The van der Waals surface area contributed by atoms with Gasteiger partial charge in [-0.25, -0.2) is 0 Å². The van der Waals surface area contributed by atoms with Crippen LogP contribution in [0.1, 0.15) is 5.56 Å². The number of anilines is 1. The minimum absolute atomic E-state index is 0.000261. The Morgan fingerprint density at radius 3 is 2.54 bits per heavy atom. The molecule has 0 amide bonds. The van der Waals surface area contributed by atoms with Gasteiger partial charge in [0.05, 0.1) is 20.4 Å². The zero-order valence-corrected chi connectivity index (χ0v) is 15.4. The van der Waals surface area contributed by atoms with Crippen LogP contribution in [0.15, 0.2) is 46.0 Å². The number of methoxy groups -OCH3 is 2. The molecule has 0 unspecified atom stereocenters. The molecule has 0 aliphatic rings. The third kappa shape index (κ3) is 4.84. The molecular formula is C16H16BrN3O3S. The van der Waals surface area contributed by atoms with Crippen LogP contribution in [0.25, 0.3) is 0 Å². The van der Waals surface area contributed by atoms with Gasteiger partial charge in [-0.3, -0.25) is 5.43 Å². The third-order valence-electron chi connectivity index (χ3n) is 3.01. The van der Waals surface area contributed by atoms with Crippen LogP contribution in [-0.2, 0) is 0 Å². The Labute approximate surface area is 153 Å². The average Bonchev–Trinajstić information content (AvgIpc) is 2.58. The van der Waals surface area contributed by atoms with Crippen LogP contribution < -0.4 is 20.2 Å². The minimum Gasteiger partial charge on any atom is -0.504 e. The van der Waals surface area contributed by atoms with E-state index in [0.29, 0.717) is 16.4 Å². The van der Waals surface area contributed by atoms with Crippen LogP contribution in [0.4, 0.5) is 5.69 Å². The quantitative estimate of drug-likeness (QED) is 0.398. The van der Waals surface area contributed by atoms with Crippen LogP contribution in [0.3, 0.4) is 0 Å². The van der Waals surface area contributed by atoms with Crippen molar-refractivity contribution in [3.63, 3.8) is 0 Å². The Bertz CT molecular complexity index is 751. The summed E-state index contributed by atoms with van der Waals surface area (Å²) in [6.07, 6.45) is 1.45. The molecule has 0 aliphatic carbocycles. The summed E-state index contributed by atoms with van der Waals surface area (Å²) in [4.78, 5) is 0. The summed E-state index contributed by atoms with van der Waals surface area (Å²) in [6, 6.07) is 10.7. The second-order valence-corrected chi connectivity index (χ2v) is 5.92. The summed E-state index contributed by atoms with van der Waals surface area (Å²) in [7, 11) is 3.09. The number of thiocarbonyl (C=S) groups is 1. The summed E-state index contributed by atoms with van der Waals surface area (Å²) < 4.78 is 10.9. The van der Waals surface area contributed by atoms with Gasteiger partial charge < -0.3 is 19.9 Å². The number of hydrogen-bond acceptors (Lipinski definition) is 5. The van der Waals surface area contributed by atoms with E-state index in [1.165, 1.54) is 13.3 Å². The van der Waals surface area contributed by atoms with E-state index in [2.05, 4.69) is 31.8 Å². The summed E-state index contributed by atoms with van der Waals surface area (Å²) >= 11 is 8.50. The monoisotopic (exact) mass is 409 g/mol. The molecule has 6 nitrogen and oxygen atoms in total. The maximum atomic E-state index is 10.0. The van der Waals surface area contributed by atoms with E-state index >= 15 is 0 Å². The van der Waals surface area contributed by atoms with Gasteiger partial charge in [-0.05, 0) is 48.6 Å². The van der Waals surface area contributed by atoms with Crippen molar-refractivity contribution in [3.05, 3.63) is 46.4 Å². The van der Waals surface area contributed by atoms with Crippen molar-refractivity contribution in [2.24, 2.45) is 5.10 Å². The van der Waals surface area contributed by atoms with Crippen LogP contribution in [0, 0.1) is 0 Å². The predicted octanol–water partition coefficient (Wildman–Crippen LogP) is 3.49. The molecule has 8 heteroatoms. The Hall–Kier alpha value is -2.32. The summed E-state index contributed by atoms with van der Waals surface area (Å²) in [5, 5.41) is 17.3. The first-order valence-electron chi connectivity index (χ1n) is 6.84. The van der Waals surface area contributed by atoms with E-state index in [0.717, 1.165) is 15.9 Å². The number of aromatic hydroxyl groups is 1. The molecular weight excluding hydrogens is 394 g/mol. The fraction of sp³-hybridized carbons (Fsp3) is 0.125. The van der Waals surface area contributed by atoms with Gasteiger partial charge in [-0.2, -0.15) is 5.10 Å². The van der Waals surface area contributed by atoms with Gasteiger partial charge in [-0.1, -0.05) is 15.9 Å². The van der Waals surface area contributed by atoms with E-state index in [9.17, 15) is 5.11 Å². The summed E-state index contributed by atoms with van der Waals surface area (Å²) in [5.41, 5.74) is 3.97. The van der Waals surface area contributed by atoms with E-state index < -0.39 is 0 Å². The number of rotatable bonds is 5. The number of phenols is 1.